The van der Waals surface area contributed by atoms with Crippen LogP contribution in [-0.4, -0.2) is 24.9 Å². The van der Waals surface area contributed by atoms with Gasteiger partial charge in [0.25, 0.3) is 11.3 Å². The Balaban J connectivity index is 1.15. The zero-order valence-corrected chi connectivity index (χ0v) is 21.0. The number of benzene rings is 3. The monoisotopic (exact) mass is 520 g/mol. The Labute approximate surface area is 222 Å². The van der Waals surface area contributed by atoms with Crippen LogP contribution in [0.2, 0.25) is 0 Å². The number of fused-ring (bicyclic) bond motifs is 1. The first-order valence-electron chi connectivity index (χ1n) is 12.3. The van der Waals surface area contributed by atoms with E-state index in [4.69, 9.17) is 4.63 Å². The smallest absolute Gasteiger partial charge is 0.262 e. The van der Waals surface area contributed by atoms with Crippen molar-refractivity contribution in [2.45, 2.75) is 20.0 Å². The summed E-state index contributed by atoms with van der Waals surface area (Å²) in [5.74, 6) is 0.493. The van der Waals surface area contributed by atoms with Crippen LogP contribution in [0.25, 0.3) is 28.0 Å². The molecular weight excluding hydrogens is 496 g/mol. The molecule has 0 radical (unpaired) electrons. The maximum atomic E-state index is 12.8. The van der Waals surface area contributed by atoms with Crippen LogP contribution < -0.4 is 21.1 Å². The van der Waals surface area contributed by atoms with Crippen LogP contribution in [0.15, 0.2) is 94.4 Å². The third-order valence-corrected chi connectivity index (χ3v) is 6.31. The van der Waals surface area contributed by atoms with E-state index in [0.717, 1.165) is 22.6 Å². The summed E-state index contributed by atoms with van der Waals surface area (Å²) in [4.78, 5) is 20.8. The highest BCUT2D eigenvalue weighted by Gasteiger charge is 2.20. The van der Waals surface area contributed by atoms with Gasteiger partial charge in [-0.1, -0.05) is 48.5 Å². The van der Waals surface area contributed by atoms with Crippen molar-refractivity contribution in [3.05, 3.63) is 118 Å². The number of para-hydroxylation sites is 1. The lowest BCUT2D eigenvalue weighted by molar-refractivity contribution is -0.807. The Morgan fingerprint density at radius 1 is 0.923 bits per heavy atom. The molecule has 6 rings (SSSR count). The van der Waals surface area contributed by atoms with Gasteiger partial charge in [0.1, 0.15) is 11.2 Å². The molecule has 39 heavy (non-hydrogen) atoms. The third kappa shape index (κ3) is 4.80. The largest absolute Gasteiger partial charge is 0.378 e. The quantitative estimate of drug-likeness (QED) is 0.257. The third-order valence-electron chi connectivity index (χ3n) is 6.31. The Bertz CT molecular complexity index is 1790. The van der Waals surface area contributed by atoms with Crippen molar-refractivity contribution in [3.8, 4) is 16.9 Å². The fourth-order valence-electron chi connectivity index (χ4n) is 4.37. The molecule has 0 fully saturated rings. The minimum Gasteiger partial charge on any atom is -0.378 e. The zero-order valence-electron chi connectivity index (χ0n) is 21.0. The lowest BCUT2D eigenvalue weighted by Crippen LogP contribution is -2.29. The van der Waals surface area contributed by atoms with Crippen molar-refractivity contribution in [1.29, 1.82) is 0 Å². The molecule has 11 heteroatoms. The predicted octanol–water partition coefficient (Wildman–Crippen LogP) is 3.93. The zero-order chi connectivity index (χ0) is 26.8. The number of H-pyrrole nitrogens is 1. The lowest BCUT2D eigenvalue weighted by atomic mass is 10.1. The molecule has 194 valence electrons. The molecule has 3 aromatic carbocycles. The number of anilines is 2. The van der Waals surface area contributed by atoms with Gasteiger partial charge < -0.3 is 20.8 Å². The second-order valence-electron chi connectivity index (χ2n) is 8.92. The van der Waals surface area contributed by atoms with Gasteiger partial charge in [0.15, 0.2) is 5.65 Å². The van der Waals surface area contributed by atoms with Crippen molar-refractivity contribution in [3.63, 3.8) is 0 Å². The molecule has 0 atom stereocenters. The van der Waals surface area contributed by atoms with E-state index in [-0.39, 0.29) is 12.1 Å². The standard InChI is InChI=1S/C28H24N8O3/c1-18-25-27(35(33-18)22-10-6-3-7-11-22)31-24(32-28(25)37)17-30-21-14-12-20(13-15-21)29-16-23-26(34-39-36(23)38)19-8-4-2-5-9-19/h2-15,29-30H,16-17H2,1H3,(H,31,32,37). The highest BCUT2D eigenvalue weighted by molar-refractivity contribution is 5.78. The van der Waals surface area contributed by atoms with Crippen molar-refractivity contribution >= 4 is 22.4 Å². The summed E-state index contributed by atoms with van der Waals surface area (Å²) in [6.07, 6.45) is 0. The summed E-state index contributed by atoms with van der Waals surface area (Å²) in [5.41, 5.74) is 5.08. The molecule has 0 unspecified atom stereocenters. The van der Waals surface area contributed by atoms with Crippen molar-refractivity contribution in [1.82, 2.24) is 24.9 Å². The predicted molar refractivity (Wildman–Crippen MR) is 146 cm³/mol. The minimum atomic E-state index is -0.227. The molecule has 3 aromatic heterocycles. The van der Waals surface area contributed by atoms with Gasteiger partial charge in [-0.15, -0.1) is 0 Å². The highest BCUT2D eigenvalue weighted by atomic mass is 16.8. The maximum Gasteiger partial charge on any atom is 0.262 e. The first kappa shape index (κ1) is 23.9. The normalized spacial score (nSPS) is 11.1. The fourth-order valence-corrected chi connectivity index (χ4v) is 4.37. The second kappa shape index (κ2) is 10.1. The van der Waals surface area contributed by atoms with E-state index in [1.807, 2.05) is 84.9 Å². The Morgan fingerprint density at radius 3 is 2.26 bits per heavy atom. The molecule has 3 heterocycles. The van der Waals surface area contributed by atoms with Gasteiger partial charge in [-0.25, -0.2) is 9.67 Å². The van der Waals surface area contributed by atoms with Crippen molar-refractivity contribution in [2.75, 3.05) is 10.6 Å². The summed E-state index contributed by atoms with van der Waals surface area (Å²) in [6, 6.07) is 26.6. The van der Waals surface area contributed by atoms with E-state index >= 15 is 0 Å². The van der Waals surface area contributed by atoms with Crippen molar-refractivity contribution < 1.29 is 9.53 Å². The Morgan fingerprint density at radius 2 is 1.56 bits per heavy atom. The van der Waals surface area contributed by atoms with Gasteiger partial charge in [-0.2, -0.15) is 5.10 Å². The van der Waals surface area contributed by atoms with Crippen LogP contribution >= 0.6 is 0 Å². The fraction of sp³-hybridized carbons (Fsp3) is 0.107. The minimum absolute atomic E-state index is 0.227. The maximum absolute atomic E-state index is 12.8. The Kier molecular flexibility index (Phi) is 6.21. The van der Waals surface area contributed by atoms with Gasteiger partial charge in [0.05, 0.1) is 24.5 Å². The molecule has 0 aliphatic carbocycles. The van der Waals surface area contributed by atoms with Crippen LogP contribution in [0.4, 0.5) is 11.4 Å². The number of aryl methyl sites for hydroxylation is 1. The van der Waals surface area contributed by atoms with E-state index in [9.17, 15) is 10.0 Å². The van der Waals surface area contributed by atoms with E-state index in [1.165, 1.54) is 0 Å². The first-order valence-corrected chi connectivity index (χ1v) is 12.3. The molecule has 0 bridgehead atoms. The molecule has 11 nitrogen and oxygen atoms in total. The summed E-state index contributed by atoms with van der Waals surface area (Å²) < 4.78 is 6.51. The van der Waals surface area contributed by atoms with E-state index in [1.54, 1.807) is 11.6 Å². The SMILES string of the molecule is Cc1nn(-c2ccccc2)c2nc(CNc3ccc(NCc4c(-c5ccccc5)no[n+]4[O-])cc3)[nH]c(=O)c12. The van der Waals surface area contributed by atoms with Crippen LogP contribution in [0.1, 0.15) is 17.2 Å². The summed E-state index contributed by atoms with van der Waals surface area (Å²) in [6.45, 7) is 2.35. The second-order valence-corrected chi connectivity index (χ2v) is 8.92. The number of rotatable bonds is 8. The van der Waals surface area contributed by atoms with Gasteiger partial charge in [-0.3, -0.25) is 9.42 Å². The molecule has 0 spiro atoms. The summed E-state index contributed by atoms with van der Waals surface area (Å²) >= 11 is 0. The molecular formula is C28H24N8O3. The topological polar surface area (TPSA) is 141 Å². The number of aromatic amines is 1. The van der Waals surface area contributed by atoms with Gasteiger partial charge in [-0.05, 0) is 48.2 Å². The number of hydrogen-bond acceptors (Lipinski definition) is 8. The molecule has 6 aromatic rings. The van der Waals surface area contributed by atoms with E-state index in [2.05, 4.69) is 30.9 Å². The summed E-state index contributed by atoms with van der Waals surface area (Å²) in [5, 5.41) is 27.5. The van der Waals surface area contributed by atoms with Crippen LogP contribution in [0.5, 0.6) is 0 Å². The molecule has 0 aliphatic rings. The molecule has 0 aliphatic heterocycles. The number of aromatic nitrogens is 6. The molecule has 0 saturated heterocycles. The Hall–Kier alpha value is -5.45. The van der Waals surface area contributed by atoms with Crippen LogP contribution in [0.3, 0.4) is 0 Å². The molecule has 0 amide bonds. The molecule has 3 N–H and O–H groups in total. The number of nitrogens with zero attached hydrogens (tertiary/aromatic N) is 5. The molecule has 0 saturated carbocycles. The first-order chi connectivity index (χ1) is 19.1. The summed E-state index contributed by atoms with van der Waals surface area (Å²) in [7, 11) is 0. The van der Waals surface area contributed by atoms with E-state index < -0.39 is 0 Å². The van der Waals surface area contributed by atoms with Crippen LogP contribution in [-0.2, 0) is 13.1 Å². The number of nitrogens with one attached hydrogen (secondary N) is 3. The van der Waals surface area contributed by atoms with Crippen molar-refractivity contribution in [2.24, 2.45) is 0 Å². The number of hydrogen-bond donors (Lipinski definition) is 3. The van der Waals surface area contributed by atoms with Gasteiger partial charge in [0, 0.05) is 22.1 Å². The van der Waals surface area contributed by atoms with Gasteiger partial charge >= 0.3 is 0 Å². The highest BCUT2D eigenvalue weighted by Crippen LogP contribution is 2.21. The average molecular weight is 521 g/mol. The van der Waals surface area contributed by atoms with E-state index in [0.29, 0.717) is 45.4 Å². The average Bonchev–Trinajstić information content (AvgIpc) is 3.51. The van der Waals surface area contributed by atoms with Crippen LogP contribution in [0, 0.1) is 12.1 Å². The lowest BCUT2D eigenvalue weighted by Gasteiger charge is -2.09. The van der Waals surface area contributed by atoms with Gasteiger partial charge in [0.2, 0.25) is 5.69 Å².